The van der Waals surface area contributed by atoms with Gasteiger partial charge in [0, 0.05) is 29.4 Å². The van der Waals surface area contributed by atoms with Crippen LogP contribution < -0.4 is 20.1 Å². The highest BCUT2D eigenvalue weighted by molar-refractivity contribution is 5.92. The Balaban J connectivity index is 1.94. The minimum absolute atomic E-state index is 0.0354. The molecule has 0 fully saturated rings. The maximum Gasteiger partial charge on any atom is 0.238 e. The molecular formula is C18H20F2N2O3. The second-order valence-corrected chi connectivity index (χ2v) is 5.39. The van der Waals surface area contributed by atoms with Crippen LogP contribution in [-0.2, 0) is 4.79 Å². The van der Waals surface area contributed by atoms with E-state index in [1.54, 1.807) is 25.1 Å². The zero-order chi connectivity index (χ0) is 18.4. The van der Waals surface area contributed by atoms with Crippen LogP contribution in [0.4, 0.5) is 14.5 Å². The topological polar surface area (TPSA) is 59.6 Å². The number of anilines is 1. The average molecular weight is 350 g/mol. The van der Waals surface area contributed by atoms with Crippen molar-refractivity contribution >= 4 is 11.6 Å². The lowest BCUT2D eigenvalue weighted by molar-refractivity contribution is -0.115. The standard InChI is InChI=1S/C18H20F2N2O3/c1-11(14-6-4-12(19)8-15(14)20)21-10-18(23)22-13-5-7-16(24-2)17(9-13)25-3/h4-9,11,21H,10H2,1-3H3,(H,22,23)/t11-/m1/s1. The third-order valence-corrected chi connectivity index (χ3v) is 3.67. The van der Waals surface area contributed by atoms with Gasteiger partial charge in [0.05, 0.1) is 20.8 Å². The molecule has 0 aromatic heterocycles. The smallest absolute Gasteiger partial charge is 0.238 e. The van der Waals surface area contributed by atoms with E-state index in [2.05, 4.69) is 10.6 Å². The van der Waals surface area contributed by atoms with E-state index < -0.39 is 17.7 Å². The number of ether oxygens (including phenoxy) is 2. The maximum absolute atomic E-state index is 13.7. The summed E-state index contributed by atoms with van der Waals surface area (Å²) in [6, 6.07) is 7.91. The van der Waals surface area contributed by atoms with E-state index >= 15 is 0 Å². The molecule has 2 N–H and O–H groups in total. The third-order valence-electron chi connectivity index (χ3n) is 3.67. The number of methoxy groups -OCH3 is 2. The van der Waals surface area contributed by atoms with Gasteiger partial charge in [-0.25, -0.2) is 8.78 Å². The van der Waals surface area contributed by atoms with Gasteiger partial charge in [0.25, 0.3) is 0 Å². The second kappa shape index (κ2) is 8.43. The summed E-state index contributed by atoms with van der Waals surface area (Å²) in [6.07, 6.45) is 0. The molecule has 7 heteroatoms. The summed E-state index contributed by atoms with van der Waals surface area (Å²) in [4.78, 5) is 12.0. The van der Waals surface area contributed by atoms with Gasteiger partial charge in [0.2, 0.25) is 5.91 Å². The molecule has 0 saturated carbocycles. The van der Waals surface area contributed by atoms with Gasteiger partial charge in [0.1, 0.15) is 11.6 Å². The van der Waals surface area contributed by atoms with Crippen molar-refractivity contribution in [1.82, 2.24) is 5.32 Å². The molecule has 0 bridgehead atoms. The summed E-state index contributed by atoms with van der Waals surface area (Å²) < 4.78 is 37.0. The van der Waals surface area contributed by atoms with E-state index in [-0.39, 0.29) is 12.5 Å². The van der Waals surface area contributed by atoms with Crippen molar-refractivity contribution in [2.75, 3.05) is 26.1 Å². The molecular weight excluding hydrogens is 330 g/mol. The molecule has 0 aliphatic carbocycles. The zero-order valence-electron chi connectivity index (χ0n) is 14.2. The van der Waals surface area contributed by atoms with Crippen molar-refractivity contribution in [3.05, 3.63) is 53.6 Å². The van der Waals surface area contributed by atoms with Crippen molar-refractivity contribution in [3.8, 4) is 11.5 Å². The van der Waals surface area contributed by atoms with E-state index in [0.717, 1.165) is 6.07 Å². The molecule has 0 spiro atoms. The second-order valence-electron chi connectivity index (χ2n) is 5.39. The lowest BCUT2D eigenvalue weighted by Gasteiger charge is -2.15. The maximum atomic E-state index is 13.7. The monoisotopic (exact) mass is 350 g/mol. The van der Waals surface area contributed by atoms with E-state index in [9.17, 15) is 13.6 Å². The Morgan fingerprint density at radius 1 is 1.08 bits per heavy atom. The molecule has 0 aliphatic heterocycles. The number of halogens is 2. The number of amides is 1. The van der Waals surface area contributed by atoms with Crippen molar-refractivity contribution < 1.29 is 23.0 Å². The number of hydrogen-bond acceptors (Lipinski definition) is 4. The van der Waals surface area contributed by atoms with Crippen molar-refractivity contribution in [2.24, 2.45) is 0 Å². The first kappa shape index (κ1) is 18.7. The molecule has 0 radical (unpaired) electrons. The van der Waals surface area contributed by atoms with Crippen LogP contribution in [0.2, 0.25) is 0 Å². The number of benzene rings is 2. The largest absolute Gasteiger partial charge is 0.493 e. The number of rotatable bonds is 7. The molecule has 0 heterocycles. The first-order chi connectivity index (χ1) is 11.9. The predicted molar refractivity (Wildman–Crippen MR) is 91.0 cm³/mol. The molecule has 1 atom stereocenters. The van der Waals surface area contributed by atoms with E-state index in [4.69, 9.17) is 9.47 Å². The SMILES string of the molecule is COc1ccc(NC(=O)CN[C@H](C)c2ccc(F)cc2F)cc1OC. The normalized spacial score (nSPS) is 11.7. The Bertz CT molecular complexity index is 753. The molecule has 0 unspecified atom stereocenters. The quantitative estimate of drug-likeness (QED) is 0.805. The Morgan fingerprint density at radius 3 is 2.44 bits per heavy atom. The summed E-state index contributed by atoms with van der Waals surface area (Å²) in [5.74, 6) is -0.546. The van der Waals surface area contributed by atoms with Gasteiger partial charge < -0.3 is 20.1 Å². The molecule has 0 aliphatic rings. The molecule has 25 heavy (non-hydrogen) atoms. The van der Waals surface area contributed by atoms with Gasteiger partial charge in [-0.1, -0.05) is 6.07 Å². The zero-order valence-corrected chi connectivity index (χ0v) is 14.2. The van der Waals surface area contributed by atoms with Crippen LogP contribution >= 0.6 is 0 Å². The Kier molecular flexibility index (Phi) is 6.30. The Labute approximate surface area is 144 Å². The van der Waals surface area contributed by atoms with Gasteiger partial charge in [-0.15, -0.1) is 0 Å². The highest BCUT2D eigenvalue weighted by atomic mass is 19.1. The van der Waals surface area contributed by atoms with Crippen LogP contribution in [0.15, 0.2) is 36.4 Å². The van der Waals surface area contributed by atoms with E-state index in [1.807, 2.05) is 0 Å². The summed E-state index contributed by atoms with van der Waals surface area (Å²) >= 11 is 0. The summed E-state index contributed by atoms with van der Waals surface area (Å²) in [7, 11) is 3.03. The highest BCUT2D eigenvalue weighted by Crippen LogP contribution is 2.29. The van der Waals surface area contributed by atoms with E-state index in [0.29, 0.717) is 22.7 Å². The summed E-state index contributed by atoms with van der Waals surface area (Å²) in [6.45, 7) is 1.66. The van der Waals surface area contributed by atoms with Crippen LogP contribution in [0, 0.1) is 11.6 Å². The fraction of sp³-hybridized carbons (Fsp3) is 0.278. The van der Waals surface area contributed by atoms with Gasteiger partial charge >= 0.3 is 0 Å². The van der Waals surface area contributed by atoms with Crippen LogP contribution in [0.1, 0.15) is 18.5 Å². The van der Waals surface area contributed by atoms with Crippen LogP contribution in [0.25, 0.3) is 0 Å². The number of carbonyl (C=O) groups is 1. The van der Waals surface area contributed by atoms with E-state index in [1.165, 1.54) is 26.4 Å². The van der Waals surface area contributed by atoms with Gasteiger partial charge in [-0.3, -0.25) is 4.79 Å². The first-order valence-electron chi connectivity index (χ1n) is 7.64. The first-order valence-corrected chi connectivity index (χ1v) is 7.64. The molecule has 0 saturated heterocycles. The summed E-state index contributed by atoms with van der Waals surface area (Å²) in [5, 5.41) is 5.61. The lowest BCUT2D eigenvalue weighted by atomic mass is 10.1. The lowest BCUT2D eigenvalue weighted by Crippen LogP contribution is -2.30. The number of nitrogens with one attached hydrogen (secondary N) is 2. The van der Waals surface area contributed by atoms with Crippen LogP contribution in [0.3, 0.4) is 0 Å². The Hall–Kier alpha value is -2.67. The average Bonchev–Trinajstić information content (AvgIpc) is 2.59. The van der Waals surface area contributed by atoms with Crippen molar-refractivity contribution in [1.29, 1.82) is 0 Å². The highest BCUT2D eigenvalue weighted by Gasteiger charge is 2.13. The van der Waals surface area contributed by atoms with Crippen LogP contribution in [0.5, 0.6) is 11.5 Å². The number of carbonyl (C=O) groups excluding carboxylic acids is 1. The fourth-order valence-corrected chi connectivity index (χ4v) is 2.33. The minimum atomic E-state index is -0.653. The van der Waals surface area contributed by atoms with Gasteiger partial charge in [0.15, 0.2) is 11.5 Å². The molecule has 2 aromatic rings. The van der Waals surface area contributed by atoms with Crippen molar-refractivity contribution in [2.45, 2.75) is 13.0 Å². The van der Waals surface area contributed by atoms with Crippen molar-refractivity contribution in [3.63, 3.8) is 0 Å². The molecule has 2 rings (SSSR count). The minimum Gasteiger partial charge on any atom is -0.493 e. The molecule has 5 nitrogen and oxygen atoms in total. The predicted octanol–water partition coefficient (Wildman–Crippen LogP) is 3.27. The fourth-order valence-electron chi connectivity index (χ4n) is 2.33. The molecule has 134 valence electrons. The molecule has 2 aromatic carbocycles. The number of hydrogen-bond donors (Lipinski definition) is 2. The van der Waals surface area contributed by atoms with Crippen LogP contribution in [-0.4, -0.2) is 26.7 Å². The Morgan fingerprint density at radius 2 is 1.80 bits per heavy atom. The molecule has 1 amide bonds. The van der Waals surface area contributed by atoms with Gasteiger partial charge in [-0.2, -0.15) is 0 Å². The summed E-state index contributed by atoms with van der Waals surface area (Å²) in [5.41, 5.74) is 0.838. The third kappa shape index (κ3) is 4.90. The van der Waals surface area contributed by atoms with Gasteiger partial charge in [-0.05, 0) is 25.1 Å².